The minimum absolute atomic E-state index is 0.104. The third kappa shape index (κ3) is 4.74. The molecule has 0 radical (unpaired) electrons. The number of rotatable bonds is 7. The van der Waals surface area contributed by atoms with E-state index in [0.29, 0.717) is 12.3 Å². The fraction of sp³-hybridized carbons (Fsp3) is 0.364. The van der Waals surface area contributed by atoms with Crippen molar-refractivity contribution < 1.29 is 9.53 Å². The van der Waals surface area contributed by atoms with Gasteiger partial charge in [-0.3, -0.25) is 9.69 Å². The molecular formula is C22H24N2O2S2. The summed E-state index contributed by atoms with van der Waals surface area (Å²) in [5.74, 6) is 1.38. The second-order valence-electron chi connectivity index (χ2n) is 7.09. The number of aryl methyl sites for hydroxylation is 1. The van der Waals surface area contributed by atoms with Crippen LogP contribution < -0.4 is 4.90 Å². The molecule has 28 heavy (non-hydrogen) atoms. The van der Waals surface area contributed by atoms with Crippen LogP contribution in [0.3, 0.4) is 0 Å². The van der Waals surface area contributed by atoms with Crippen LogP contribution in [0.25, 0.3) is 10.2 Å². The number of carbonyl (C=O) groups is 1. The van der Waals surface area contributed by atoms with E-state index in [1.807, 2.05) is 29.2 Å². The van der Waals surface area contributed by atoms with Crippen LogP contribution in [0.2, 0.25) is 0 Å². The molecule has 1 aliphatic heterocycles. The predicted octanol–water partition coefficient (Wildman–Crippen LogP) is 5.05. The molecule has 3 aromatic rings. The molecule has 146 valence electrons. The maximum Gasteiger partial charge on any atom is 0.238 e. The van der Waals surface area contributed by atoms with Gasteiger partial charge in [-0.05, 0) is 43.0 Å². The summed E-state index contributed by atoms with van der Waals surface area (Å²) in [5.41, 5.74) is 3.40. The number of thioether (sulfide) groups is 1. The highest BCUT2D eigenvalue weighted by atomic mass is 32.2. The first kappa shape index (κ1) is 19.4. The minimum atomic E-state index is 0.104. The maximum atomic E-state index is 13.1. The smallest absolute Gasteiger partial charge is 0.238 e. The molecule has 1 fully saturated rings. The van der Waals surface area contributed by atoms with Crippen LogP contribution >= 0.6 is 23.1 Å². The first-order chi connectivity index (χ1) is 13.7. The Labute approximate surface area is 173 Å². The molecule has 0 bridgehead atoms. The second-order valence-corrected chi connectivity index (χ2v) is 9.08. The Hall–Kier alpha value is -1.89. The first-order valence-electron chi connectivity index (χ1n) is 9.60. The molecule has 0 saturated carbocycles. The molecule has 4 nitrogen and oxygen atoms in total. The Morgan fingerprint density at radius 1 is 1.29 bits per heavy atom. The number of ether oxygens (including phenoxy) is 1. The highest BCUT2D eigenvalue weighted by Gasteiger charge is 2.26. The number of aromatic nitrogens is 1. The number of anilines is 1. The van der Waals surface area contributed by atoms with Crippen molar-refractivity contribution in [2.45, 2.75) is 31.6 Å². The van der Waals surface area contributed by atoms with Crippen LogP contribution in [0, 0.1) is 6.92 Å². The predicted molar refractivity (Wildman–Crippen MR) is 118 cm³/mol. The zero-order valence-electron chi connectivity index (χ0n) is 16.0. The molecule has 2 aromatic carbocycles. The largest absolute Gasteiger partial charge is 0.376 e. The van der Waals surface area contributed by atoms with Crippen LogP contribution in [0.1, 0.15) is 24.0 Å². The van der Waals surface area contributed by atoms with Crippen molar-refractivity contribution >= 4 is 44.4 Å². The van der Waals surface area contributed by atoms with E-state index < -0.39 is 0 Å². The SMILES string of the molecule is Cc1ccc2nc(N(CC3CCCO3)C(=O)CSCc3ccccc3)sc2c1. The lowest BCUT2D eigenvalue weighted by atomic mass is 10.2. The number of carbonyl (C=O) groups excluding carboxylic acids is 1. The number of hydrogen-bond donors (Lipinski definition) is 0. The normalized spacial score (nSPS) is 16.5. The third-order valence-electron chi connectivity index (χ3n) is 4.81. The fourth-order valence-corrected chi connectivity index (χ4v) is 5.27. The topological polar surface area (TPSA) is 42.4 Å². The Morgan fingerprint density at radius 2 is 2.14 bits per heavy atom. The number of fused-ring (bicyclic) bond motifs is 1. The standard InChI is InChI=1S/C22H24N2O2S2/c1-16-9-10-19-20(12-16)28-22(23-19)24(13-18-8-5-11-26-18)21(25)15-27-14-17-6-3-2-4-7-17/h2-4,6-7,9-10,12,18H,5,8,11,13-15H2,1H3. The van der Waals surface area contributed by atoms with Crippen molar-refractivity contribution in [1.29, 1.82) is 0 Å². The summed E-state index contributed by atoms with van der Waals surface area (Å²) in [4.78, 5) is 19.7. The Bertz CT molecular complexity index is 936. The summed E-state index contributed by atoms with van der Waals surface area (Å²) in [6, 6.07) is 16.5. The van der Waals surface area contributed by atoms with E-state index in [1.54, 1.807) is 23.1 Å². The first-order valence-corrected chi connectivity index (χ1v) is 11.6. The van der Waals surface area contributed by atoms with Crippen LogP contribution in [-0.2, 0) is 15.3 Å². The summed E-state index contributed by atoms with van der Waals surface area (Å²) in [5, 5.41) is 0.779. The van der Waals surface area contributed by atoms with E-state index in [1.165, 1.54) is 11.1 Å². The van der Waals surface area contributed by atoms with Crippen molar-refractivity contribution in [2.75, 3.05) is 23.8 Å². The summed E-state index contributed by atoms with van der Waals surface area (Å²) >= 11 is 3.24. The molecule has 1 aliphatic rings. The van der Waals surface area contributed by atoms with Crippen LogP contribution in [0.15, 0.2) is 48.5 Å². The van der Waals surface area contributed by atoms with Gasteiger partial charge in [0, 0.05) is 12.4 Å². The molecule has 0 N–H and O–H groups in total. The van der Waals surface area contributed by atoms with Gasteiger partial charge in [-0.1, -0.05) is 47.7 Å². The van der Waals surface area contributed by atoms with E-state index >= 15 is 0 Å². The van der Waals surface area contributed by atoms with Gasteiger partial charge >= 0.3 is 0 Å². The summed E-state index contributed by atoms with van der Waals surface area (Å²) < 4.78 is 6.92. The van der Waals surface area contributed by atoms with Crippen molar-refractivity contribution in [3.05, 3.63) is 59.7 Å². The van der Waals surface area contributed by atoms with Gasteiger partial charge in [0.25, 0.3) is 0 Å². The van der Waals surface area contributed by atoms with Gasteiger partial charge in [0.1, 0.15) is 0 Å². The number of hydrogen-bond acceptors (Lipinski definition) is 5. The average Bonchev–Trinajstić information content (AvgIpc) is 3.36. The Kier molecular flexibility index (Phi) is 6.29. The molecular weight excluding hydrogens is 388 g/mol. The molecule has 4 rings (SSSR count). The van der Waals surface area contributed by atoms with E-state index in [-0.39, 0.29) is 12.0 Å². The van der Waals surface area contributed by atoms with Crippen LogP contribution in [-0.4, -0.2) is 35.9 Å². The maximum absolute atomic E-state index is 13.1. The number of nitrogens with zero attached hydrogens (tertiary/aromatic N) is 2. The van der Waals surface area contributed by atoms with E-state index in [9.17, 15) is 4.79 Å². The molecule has 1 unspecified atom stereocenters. The number of thiazole rings is 1. The molecule has 1 amide bonds. The monoisotopic (exact) mass is 412 g/mol. The molecule has 0 aliphatic carbocycles. The highest BCUT2D eigenvalue weighted by molar-refractivity contribution is 7.99. The van der Waals surface area contributed by atoms with Crippen molar-refractivity contribution in [1.82, 2.24) is 4.98 Å². The lowest BCUT2D eigenvalue weighted by Gasteiger charge is -2.23. The van der Waals surface area contributed by atoms with Gasteiger partial charge in [-0.2, -0.15) is 0 Å². The minimum Gasteiger partial charge on any atom is -0.376 e. The van der Waals surface area contributed by atoms with Crippen molar-refractivity contribution in [2.24, 2.45) is 0 Å². The number of benzene rings is 2. The highest BCUT2D eigenvalue weighted by Crippen LogP contribution is 2.31. The fourth-order valence-electron chi connectivity index (χ4n) is 3.32. The van der Waals surface area contributed by atoms with Gasteiger partial charge in [0.05, 0.1) is 28.6 Å². The summed E-state index contributed by atoms with van der Waals surface area (Å²) in [6.45, 7) is 3.45. The zero-order valence-corrected chi connectivity index (χ0v) is 17.6. The average molecular weight is 413 g/mol. The molecule has 1 atom stereocenters. The van der Waals surface area contributed by atoms with Gasteiger partial charge in [-0.15, -0.1) is 11.8 Å². The van der Waals surface area contributed by atoms with Gasteiger partial charge in [-0.25, -0.2) is 4.98 Å². The summed E-state index contributed by atoms with van der Waals surface area (Å²) in [7, 11) is 0. The molecule has 0 spiro atoms. The van der Waals surface area contributed by atoms with Crippen molar-refractivity contribution in [3.63, 3.8) is 0 Å². The van der Waals surface area contributed by atoms with Crippen LogP contribution in [0.4, 0.5) is 5.13 Å². The van der Waals surface area contributed by atoms with Gasteiger partial charge in [0.15, 0.2) is 5.13 Å². The number of amides is 1. The van der Waals surface area contributed by atoms with E-state index in [0.717, 1.165) is 40.5 Å². The van der Waals surface area contributed by atoms with Gasteiger partial charge < -0.3 is 4.74 Å². The summed E-state index contributed by atoms with van der Waals surface area (Å²) in [6.07, 6.45) is 2.18. The van der Waals surface area contributed by atoms with E-state index in [2.05, 4.69) is 31.2 Å². The molecule has 6 heteroatoms. The lowest BCUT2D eigenvalue weighted by molar-refractivity contribution is -0.116. The quantitative estimate of drug-likeness (QED) is 0.545. The lowest BCUT2D eigenvalue weighted by Crippen LogP contribution is -2.38. The molecule has 2 heterocycles. The third-order valence-corrected chi connectivity index (χ3v) is 6.84. The van der Waals surface area contributed by atoms with Crippen molar-refractivity contribution in [3.8, 4) is 0 Å². The Morgan fingerprint density at radius 3 is 2.93 bits per heavy atom. The second kappa shape index (κ2) is 9.07. The molecule has 1 aromatic heterocycles. The zero-order chi connectivity index (χ0) is 19.3. The van der Waals surface area contributed by atoms with Gasteiger partial charge in [0.2, 0.25) is 5.91 Å². The van der Waals surface area contributed by atoms with Crippen LogP contribution in [0.5, 0.6) is 0 Å². The Balaban J connectivity index is 1.49. The molecule has 1 saturated heterocycles. The van der Waals surface area contributed by atoms with E-state index in [4.69, 9.17) is 9.72 Å².